The van der Waals surface area contributed by atoms with Crippen molar-refractivity contribution in [3.8, 4) is 0 Å². The topological polar surface area (TPSA) is 96.0 Å². The molecule has 0 atom stereocenters. The Balaban J connectivity index is 1.56. The van der Waals surface area contributed by atoms with E-state index in [1.807, 2.05) is 0 Å². The molecule has 1 aromatic carbocycles. The fourth-order valence-electron chi connectivity index (χ4n) is 3.01. The molecule has 0 bridgehead atoms. The van der Waals surface area contributed by atoms with Crippen molar-refractivity contribution in [3.05, 3.63) is 42.4 Å². The monoisotopic (exact) mass is 353 g/mol. The highest BCUT2D eigenvalue weighted by Gasteiger charge is 2.14. The molecule has 1 aliphatic rings. The zero-order valence-electron chi connectivity index (χ0n) is 14.8. The second-order valence-corrected chi connectivity index (χ2v) is 6.48. The SMILES string of the molecule is CC(=O)Nc1ccc(NC(=O)c2cnc(NC3CCCCC3)cn2)cc1. The van der Waals surface area contributed by atoms with Crippen LogP contribution < -0.4 is 16.0 Å². The van der Waals surface area contributed by atoms with Crippen molar-refractivity contribution in [2.24, 2.45) is 0 Å². The average Bonchev–Trinajstić information content (AvgIpc) is 2.64. The Labute approximate surface area is 152 Å². The highest BCUT2D eigenvalue weighted by atomic mass is 16.2. The maximum Gasteiger partial charge on any atom is 0.275 e. The van der Waals surface area contributed by atoms with Gasteiger partial charge in [-0.2, -0.15) is 0 Å². The van der Waals surface area contributed by atoms with Gasteiger partial charge in [0, 0.05) is 24.3 Å². The predicted molar refractivity (Wildman–Crippen MR) is 101 cm³/mol. The van der Waals surface area contributed by atoms with Gasteiger partial charge in [0.2, 0.25) is 5.91 Å². The molecule has 1 saturated carbocycles. The molecule has 0 aliphatic heterocycles. The molecule has 0 unspecified atom stereocenters. The molecule has 0 saturated heterocycles. The first-order chi connectivity index (χ1) is 12.6. The first-order valence-electron chi connectivity index (χ1n) is 8.88. The Bertz CT molecular complexity index is 753. The van der Waals surface area contributed by atoms with E-state index in [-0.39, 0.29) is 17.5 Å². The molecule has 0 spiro atoms. The Kier molecular flexibility index (Phi) is 5.78. The van der Waals surface area contributed by atoms with Crippen LogP contribution in [0.2, 0.25) is 0 Å². The molecule has 26 heavy (non-hydrogen) atoms. The first-order valence-corrected chi connectivity index (χ1v) is 8.88. The molecule has 3 N–H and O–H groups in total. The smallest absolute Gasteiger partial charge is 0.275 e. The molecule has 1 fully saturated rings. The minimum atomic E-state index is -0.325. The van der Waals surface area contributed by atoms with Crippen LogP contribution in [0.4, 0.5) is 17.2 Å². The third kappa shape index (κ3) is 5.02. The van der Waals surface area contributed by atoms with Gasteiger partial charge in [0.15, 0.2) is 0 Å². The second kappa shape index (κ2) is 8.42. The van der Waals surface area contributed by atoms with Crippen molar-refractivity contribution in [1.29, 1.82) is 0 Å². The Morgan fingerprint density at radius 3 is 2.15 bits per heavy atom. The molecule has 7 nitrogen and oxygen atoms in total. The van der Waals surface area contributed by atoms with E-state index in [1.54, 1.807) is 30.5 Å². The standard InChI is InChI=1S/C19H23N5O2/c1-13(25)22-15-7-9-16(10-8-15)24-19(26)17-11-21-18(12-20-17)23-14-5-3-2-4-6-14/h7-12,14H,2-6H2,1H3,(H,21,23)(H,22,25)(H,24,26). The van der Waals surface area contributed by atoms with E-state index in [0.717, 1.165) is 12.8 Å². The number of aromatic nitrogens is 2. The zero-order chi connectivity index (χ0) is 18.4. The van der Waals surface area contributed by atoms with Crippen LogP contribution in [-0.2, 0) is 4.79 Å². The summed E-state index contributed by atoms with van der Waals surface area (Å²) in [5.74, 6) is 0.237. The van der Waals surface area contributed by atoms with Crippen LogP contribution >= 0.6 is 0 Å². The fourth-order valence-corrected chi connectivity index (χ4v) is 3.01. The highest BCUT2D eigenvalue weighted by molar-refractivity contribution is 6.02. The average molecular weight is 353 g/mol. The molecule has 7 heteroatoms. The summed E-state index contributed by atoms with van der Waals surface area (Å²) >= 11 is 0. The van der Waals surface area contributed by atoms with Crippen LogP contribution in [0.3, 0.4) is 0 Å². The largest absolute Gasteiger partial charge is 0.366 e. The quantitative estimate of drug-likeness (QED) is 0.765. The third-order valence-corrected chi connectivity index (χ3v) is 4.30. The third-order valence-electron chi connectivity index (χ3n) is 4.30. The van der Waals surface area contributed by atoms with Crippen molar-refractivity contribution in [3.63, 3.8) is 0 Å². The van der Waals surface area contributed by atoms with Gasteiger partial charge in [0.1, 0.15) is 11.5 Å². The van der Waals surface area contributed by atoms with Crippen LogP contribution in [-0.4, -0.2) is 27.8 Å². The minimum Gasteiger partial charge on any atom is -0.366 e. The number of hydrogen-bond acceptors (Lipinski definition) is 5. The lowest BCUT2D eigenvalue weighted by molar-refractivity contribution is -0.114. The summed E-state index contributed by atoms with van der Waals surface area (Å²) in [5, 5.41) is 8.82. The van der Waals surface area contributed by atoms with E-state index in [1.165, 1.54) is 32.4 Å². The lowest BCUT2D eigenvalue weighted by Gasteiger charge is -2.23. The van der Waals surface area contributed by atoms with Crippen LogP contribution in [0.1, 0.15) is 49.5 Å². The van der Waals surface area contributed by atoms with Gasteiger partial charge >= 0.3 is 0 Å². The van der Waals surface area contributed by atoms with Gasteiger partial charge in [0.25, 0.3) is 5.91 Å². The number of rotatable bonds is 5. The van der Waals surface area contributed by atoms with Crippen molar-refractivity contribution >= 4 is 29.0 Å². The van der Waals surface area contributed by atoms with E-state index in [2.05, 4.69) is 25.9 Å². The van der Waals surface area contributed by atoms with Crippen LogP contribution in [0.5, 0.6) is 0 Å². The lowest BCUT2D eigenvalue weighted by atomic mass is 9.96. The Hall–Kier alpha value is -2.96. The number of amides is 2. The van der Waals surface area contributed by atoms with Gasteiger partial charge in [-0.05, 0) is 37.1 Å². The summed E-state index contributed by atoms with van der Waals surface area (Å²) in [6.07, 6.45) is 9.17. The molecule has 2 aromatic rings. The Morgan fingerprint density at radius 1 is 0.923 bits per heavy atom. The predicted octanol–water partition coefficient (Wildman–Crippen LogP) is 3.43. The molecular weight excluding hydrogens is 330 g/mol. The van der Waals surface area contributed by atoms with Crippen LogP contribution in [0, 0.1) is 0 Å². The summed E-state index contributed by atoms with van der Waals surface area (Å²) in [4.78, 5) is 31.8. The van der Waals surface area contributed by atoms with E-state index < -0.39 is 0 Å². The second-order valence-electron chi connectivity index (χ2n) is 6.48. The maximum atomic E-state index is 12.3. The number of carbonyl (C=O) groups excluding carboxylic acids is 2. The van der Waals surface area contributed by atoms with E-state index in [4.69, 9.17) is 0 Å². The number of benzene rings is 1. The summed E-state index contributed by atoms with van der Waals surface area (Å²) in [6, 6.07) is 7.32. The summed E-state index contributed by atoms with van der Waals surface area (Å²) in [6.45, 7) is 1.45. The van der Waals surface area contributed by atoms with E-state index in [0.29, 0.717) is 23.2 Å². The molecular formula is C19H23N5O2. The molecule has 2 amide bonds. The fraction of sp³-hybridized carbons (Fsp3) is 0.368. The minimum absolute atomic E-state index is 0.140. The van der Waals surface area contributed by atoms with Crippen molar-refractivity contribution in [2.75, 3.05) is 16.0 Å². The maximum absolute atomic E-state index is 12.3. The van der Waals surface area contributed by atoms with Gasteiger partial charge < -0.3 is 16.0 Å². The van der Waals surface area contributed by atoms with Crippen molar-refractivity contribution in [1.82, 2.24) is 9.97 Å². The number of nitrogens with one attached hydrogen (secondary N) is 3. The zero-order valence-corrected chi connectivity index (χ0v) is 14.8. The normalized spacial score (nSPS) is 14.5. The molecule has 1 heterocycles. The van der Waals surface area contributed by atoms with E-state index >= 15 is 0 Å². The van der Waals surface area contributed by atoms with Gasteiger partial charge in [-0.15, -0.1) is 0 Å². The van der Waals surface area contributed by atoms with Crippen LogP contribution in [0.25, 0.3) is 0 Å². The number of carbonyl (C=O) groups is 2. The summed E-state index contributed by atoms with van der Waals surface area (Å²) in [5.41, 5.74) is 1.55. The molecule has 0 radical (unpaired) electrons. The first kappa shape index (κ1) is 17.8. The molecule has 3 rings (SSSR count). The Morgan fingerprint density at radius 2 is 1.58 bits per heavy atom. The van der Waals surface area contributed by atoms with Crippen LogP contribution in [0.15, 0.2) is 36.7 Å². The number of hydrogen-bond donors (Lipinski definition) is 3. The molecule has 136 valence electrons. The van der Waals surface area contributed by atoms with Crippen molar-refractivity contribution < 1.29 is 9.59 Å². The highest BCUT2D eigenvalue weighted by Crippen LogP contribution is 2.20. The van der Waals surface area contributed by atoms with Gasteiger partial charge in [-0.25, -0.2) is 9.97 Å². The summed E-state index contributed by atoms with van der Waals surface area (Å²) in [7, 11) is 0. The van der Waals surface area contributed by atoms with Gasteiger partial charge in [-0.1, -0.05) is 19.3 Å². The van der Waals surface area contributed by atoms with Crippen molar-refractivity contribution in [2.45, 2.75) is 45.1 Å². The van der Waals surface area contributed by atoms with Gasteiger partial charge in [0.05, 0.1) is 12.4 Å². The van der Waals surface area contributed by atoms with Gasteiger partial charge in [-0.3, -0.25) is 9.59 Å². The van der Waals surface area contributed by atoms with E-state index in [9.17, 15) is 9.59 Å². The molecule has 1 aromatic heterocycles. The number of anilines is 3. The molecule has 1 aliphatic carbocycles. The lowest BCUT2D eigenvalue weighted by Crippen LogP contribution is -2.23. The number of nitrogens with zero attached hydrogens (tertiary/aromatic N) is 2. The summed E-state index contributed by atoms with van der Waals surface area (Å²) < 4.78 is 0.